The van der Waals surface area contributed by atoms with Crippen molar-refractivity contribution in [2.45, 2.75) is 26.2 Å². The Bertz CT molecular complexity index is 609. The van der Waals surface area contributed by atoms with E-state index < -0.39 is 0 Å². The zero-order valence-corrected chi connectivity index (χ0v) is 13.8. The predicted molar refractivity (Wildman–Crippen MR) is 91.9 cm³/mol. The molecule has 0 spiro atoms. The largest absolute Gasteiger partial charge is 0.497 e. The molecule has 1 unspecified atom stereocenters. The van der Waals surface area contributed by atoms with Crippen LogP contribution in [0.4, 0.5) is 0 Å². The zero-order valence-electron chi connectivity index (χ0n) is 13.8. The van der Waals surface area contributed by atoms with Gasteiger partial charge >= 0.3 is 0 Å². The van der Waals surface area contributed by atoms with Crippen molar-refractivity contribution in [1.82, 2.24) is 0 Å². The molecule has 0 saturated carbocycles. The summed E-state index contributed by atoms with van der Waals surface area (Å²) < 4.78 is 10.5. The first-order chi connectivity index (χ1) is 10.7. The molecule has 0 fully saturated rings. The second kappa shape index (κ2) is 7.69. The van der Waals surface area contributed by atoms with Gasteiger partial charge in [-0.3, -0.25) is 0 Å². The Hall–Kier alpha value is -2.22. The van der Waals surface area contributed by atoms with Gasteiger partial charge in [0.25, 0.3) is 0 Å². The summed E-state index contributed by atoms with van der Waals surface area (Å²) in [6, 6.07) is 16.7. The molecule has 2 rings (SSSR count). The van der Waals surface area contributed by atoms with Crippen LogP contribution in [0.1, 0.15) is 30.9 Å². The maximum atomic E-state index is 5.25. The number of methoxy groups -OCH3 is 2. The molecular weight excluding hydrogens is 272 g/mol. The molecule has 0 aliphatic carbocycles. The second-order valence-corrected chi connectivity index (χ2v) is 5.41. The molecule has 2 nitrogen and oxygen atoms in total. The average Bonchev–Trinajstić information content (AvgIpc) is 2.59. The van der Waals surface area contributed by atoms with Crippen LogP contribution < -0.4 is 9.47 Å². The van der Waals surface area contributed by atoms with Crippen LogP contribution in [0.15, 0.2) is 60.2 Å². The lowest BCUT2D eigenvalue weighted by Crippen LogP contribution is -2.05. The Labute approximate surface area is 133 Å². The molecule has 0 heterocycles. The number of benzene rings is 2. The number of rotatable bonds is 6. The lowest BCUT2D eigenvalue weighted by atomic mass is 9.86. The minimum Gasteiger partial charge on any atom is -0.497 e. The van der Waals surface area contributed by atoms with E-state index in [2.05, 4.69) is 44.2 Å². The quantitative estimate of drug-likeness (QED) is 0.699. The highest BCUT2D eigenvalue weighted by Gasteiger charge is 2.14. The van der Waals surface area contributed by atoms with E-state index in [1.165, 1.54) is 16.7 Å². The first kappa shape index (κ1) is 16.2. The van der Waals surface area contributed by atoms with E-state index in [0.29, 0.717) is 5.92 Å². The molecule has 116 valence electrons. The number of hydrogen-bond donors (Lipinski definition) is 0. The summed E-state index contributed by atoms with van der Waals surface area (Å²) in [7, 11) is 3.39. The molecule has 0 aliphatic rings. The molecule has 0 aliphatic heterocycles. The molecule has 0 aromatic heterocycles. The summed E-state index contributed by atoms with van der Waals surface area (Å²) in [5.74, 6) is 2.17. The van der Waals surface area contributed by atoms with Crippen LogP contribution in [-0.2, 0) is 6.42 Å². The van der Waals surface area contributed by atoms with Gasteiger partial charge in [-0.25, -0.2) is 0 Å². The molecule has 2 aromatic rings. The highest BCUT2D eigenvalue weighted by molar-refractivity contribution is 5.36. The lowest BCUT2D eigenvalue weighted by molar-refractivity contribution is 0.414. The van der Waals surface area contributed by atoms with Gasteiger partial charge < -0.3 is 9.47 Å². The molecule has 2 heteroatoms. The molecule has 0 saturated heterocycles. The number of allylic oxidation sites excluding steroid dienone is 2. The van der Waals surface area contributed by atoms with Gasteiger partial charge in [0.2, 0.25) is 0 Å². The van der Waals surface area contributed by atoms with Crippen LogP contribution in [-0.4, -0.2) is 14.2 Å². The molecule has 1 atom stereocenters. The van der Waals surface area contributed by atoms with Gasteiger partial charge in [0.05, 0.1) is 14.2 Å². The van der Waals surface area contributed by atoms with Crippen LogP contribution in [0, 0.1) is 0 Å². The Kier molecular flexibility index (Phi) is 5.65. The van der Waals surface area contributed by atoms with Crippen LogP contribution in [0.25, 0.3) is 0 Å². The summed E-state index contributed by atoms with van der Waals surface area (Å²) in [6.07, 6.45) is 3.17. The zero-order chi connectivity index (χ0) is 15.9. The van der Waals surface area contributed by atoms with Crippen LogP contribution in [0.5, 0.6) is 11.5 Å². The van der Waals surface area contributed by atoms with E-state index in [-0.39, 0.29) is 0 Å². The standard InChI is InChI=1S/C20H24O2/c1-5-15(2)20(17-8-12-19(22-4)13-9-17)14-16-6-10-18(21-3)11-7-16/h5-13,20H,14H2,1-4H3/b15-5-. The molecule has 0 radical (unpaired) electrons. The summed E-state index contributed by atoms with van der Waals surface area (Å²) in [5, 5.41) is 0. The van der Waals surface area contributed by atoms with Crippen molar-refractivity contribution in [3.63, 3.8) is 0 Å². The van der Waals surface area contributed by atoms with Crippen molar-refractivity contribution in [3.05, 3.63) is 71.3 Å². The van der Waals surface area contributed by atoms with E-state index in [4.69, 9.17) is 9.47 Å². The highest BCUT2D eigenvalue weighted by atomic mass is 16.5. The average molecular weight is 296 g/mol. The van der Waals surface area contributed by atoms with Gasteiger partial charge in [0.1, 0.15) is 11.5 Å². The molecule has 22 heavy (non-hydrogen) atoms. The van der Waals surface area contributed by atoms with Crippen molar-refractivity contribution in [2.24, 2.45) is 0 Å². The van der Waals surface area contributed by atoms with Gasteiger partial charge in [-0.05, 0) is 55.7 Å². The Morgan fingerprint density at radius 1 is 0.909 bits per heavy atom. The Morgan fingerprint density at radius 3 is 1.86 bits per heavy atom. The van der Waals surface area contributed by atoms with E-state index in [0.717, 1.165) is 17.9 Å². The smallest absolute Gasteiger partial charge is 0.118 e. The predicted octanol–water partition coefficient (Wildman–Crippen LogP) is 5.00. The van der Waals surface area contributed by atoms with Gasteiger partial charge in [-0.2, -0.15) is 0 Å². The molecule has 0 N–H and O–H groups in total. The number of ether oxygens (including phenoxy) is 2. The lowest BCUT2D eigenvalue weighted by Gasteiger charge is -2.19. The van der Waals surface area contributed by atoms with E-state index in [1.54, 1.807) is 14.2 Å². The summed E-state index contributed by atoms with van der Waals surface area (Å²) in [4.78, 5) is 0. The van der Waals surface area contributed by atoms with Gasteiger partial charge in [-0.15, -0.1) is 0 Å². The van der Waals surface area contributed by atoms with Crippen molar-refractivity contribution in [2.75, 3.05) is 14.2 Å². The van der Waals surface area contributed by atoms with Gasteiger partial charge in [0, 0.05) is 5.92 Å². The molecule has 0 amide bonds. The maximum absolute atomic E-state index is 5.25. The first-order valence-corrected chi connectivity index (χ1v) is 7.57. The van der Waals surface area contributed by atoms with Crippen LogP contribution in [0.3, 0.4) is 0 Å². The second-order valence-electron chi connectivity index (χ2n) is 5.41. The van der Waals surface area contributed by atoms with Crippen molar-refractivity contribution in [1.29, 1.82) is 0 Å². The van der Waals surface area contributed by atoms with E-state index >= 15 is 0 Å². The van der Waals surface area contributed by atoms with E-state index in [9.17, 15) is 0 Å². The summed E-state index contributed by atoms with van der Waals surface area (Å²) in [5.41, 5.74) is 4.00. The summed E-state index contributed by atoms with van der Waals surface area (Å²) >= 11 is 0. The van der Waals surface area contributed by atoms with Gasteiger partial charge in [0.15, 0.2) is 0 Å². The monoisotopic (exact) mass is 296 g/mol. The fraction of sp³-hybridized carbons (Fsp3) is 0.300. The minimum atomic E-state index is 0.379. The van der Waals surface area contributed by atoms with Crippen molar-refractivity contribution in [3.8, 4) is 11.5 Å². The van der Waals surface area contributed by atoms with Crippen LogP contribution >= 0.6 is 0 Å². The maximum Gasteiger partial charge on any atom is 0.118 e. The Morgan fingerprint density at radius 2 is 1.41 bits per heavy atom. The summed E-state index contributed by atoms with van der Waals surface area (Å²) in [6.45, 7) is 4.29. The first-order valence-electron chi connectivity index (χ1n) is 7.57. The third-order valence-corrected chi connectivity index (χ3v) is 4.12. The fourth-order valence-electron chi connectivity index (χ4n) is 2.58. The SMILES string of the molecule is C/C=C(/C)C(Cc1ccc(OC)cc1)c1ccc(OC)cc1. The fourth-order valence-corrected chi connectivity index (χ4v) is 2.58. The molecular formula is C20H24O2. The number of hydrogen-bond acceptors (Lipinski definition) is 2. The van der Waals surface area contributed by atoms with Crippen LogP contribution in [0.2, 0.25) is 0 Å². The topological polar surface area (TPSA) is 18.5 Å². The third-order valence-electron chi connectivity index (χ3n) is 4.12. The van der Waals surface area contributed by atoms with Crippen molar-refractivity contribution < 1.29 is 9.47 Å². The van der Waals surface area contributed by atoms with Gasteiger partial charge in [-0.1, -0.05) is 35.9 Å². The molecule has 2 aromatic carbocycles. The Balaban J connectivity index is 2.25. The van der Waals surface area contributed by atoms with Crippen molar-refractivity contribution >= 4 is 0 Å². The molecule has 0 bridgehead atoms. The normalized spacial score (nSPS) is 12.8. The minimum absolute atomic E-state index is 0.379. The third kappa shape index (κ3) is 3.91. The highest BCUT2D eigenvalue weighted by Crippen LogP contribution is 2.30. The van der Waals surface area contributed by atoms with E-state index in [1.807, 2.05) is 24.3 Å².